The zero-order valence-corrected chi connectivity index (χ0v) is 15.0. The molecule has 1 amide bonds. The summed E-state index contributed by atoms with van der Waals surface area (Å²) in [6, 6.07) is 9.79. The number of hydrogen-bond acceptors (Lipinski definition) is 3. The molecule has 2 rings (SSSR count). The summed E-state index contributed by atoms with van der Waals surface area (Å²) in [5.74, 6) is 0.566. The first-order valence-corrected chi connectivity index (χ1v) is 8.45. The van der Waals surface area contributed by atoms with E-state index in [1.54, 1.807) is 0 Å². The molecule has 3 N–H and O–H groups in total. The summed E-state index contributed by atoms with van der Waals surface area (Å²) in [7, 11) is 0. The van der Waals surface area contributed by atoms with Crippen molar-refractivity contribution in [2.45, 2.75) is 45.6 Å². The van der Waals surface area contributed by atoms with Crippen LogP contribution in [0.2, 0.25) is 0 Å². The van der Waals surface area contributed by atoms with Crippen LogP contribution in [0.4, 0.5) is 0 Å². The van der Waals surface area contributed by atoms with E-state index in [4.69, 9.17) is 12.2 Å². The fourth-order valence-electron chi connectivity index (χ4n) is 2.49. The minimum absolute atomic E-state index is 0.0602. The molecule has 0 saturated heterocycles. The number of hydrogen-bond donors (Lipinski definition) is 3. The van der Waals surface area contributed by atoms with Crippen LogP contribution in [0, 0.1) is 4.77 Å². The summed E-state index contributed by atoms with van der Waals surface area (Å²) >= 11 is 4.91. The van der Waals surface area contributed by atoms with Crippen molar-refractivity contribution in [2.24, 2.45) is 0 Å². The van der Waals surface area contributed by atoms with Crippen molar-refractivity contribution in [1.29, 1.82) is 0 Å². The fourth-order valence-corrected chi connectivity index (χ4v) is 2.72. The zero-order valence-electron chi connectivity index (χ0n) is 14.2. The minimum Gasteiger partial charge on any atom is -0.351 e. The van der Waals surface area contributed by atoms with Gasteiger partial charge in [-0.2, -0.15) is 0 Å². The number of amides is 1. The van der Waals surface area contributed by atoms with Crippen LogP contribution in [0.1, 0.15) is 55.8 Å². The molecule has 0 aliphatic rings. The second kappa shape index (κ2) is 8.06. The van der Waals surface area contributed by atoms with Gasteiger partial charge in [0.25, 0.3) is 5.56 Å². The highest BCUT2D eigenvalue weighted by Gasteiger charge is 2.12. The Bertz CT molecular complexity index is 778. The molecule has 0 bridgehead atoms. The Hall–Kier alpha value is -2.21. The van der Waals surface area contributed by atoms with Gasteiger partial charge in [-0.15, -0.1) is 0 Å². The van der Waals surface area contributed by atoms with Crippen LogP contribution in [0.25, 0.3) is 0 Å². The van der Waals surface area contributed by atoms with Gasteiger partial charge in [0.15, 0.2) is 4.77 Å². The lowest BCUT2D eigenvalue weighted by atomic mass is 9.94. The van der Waals surface area contributed by atoms with Gasteiger partial charge in [-0.25, -0.2) is 0 Å². The Balaban J connectivity index is 1.91. The number of nitrogens with one attached hydrogen (secondary N) is 3. The lowest BCUT2D eigenvalue weighted by Gasteiger charge is -2.13. The molecule has 0 aliphatic heterocycles. The lowest BCUT2D eigenvalue weighted by molar-refractivity contribution is -0.121. The maximum absolute atomic E-state index is 12.1. The van der Waals surface area contributed by atoms with E-state index in [1.165, 1.54) is 11.6 Å². The van der Waals surface area contributed by atoms with Gasteiger partial charge in [0, 0.05) is 18.2 Å². The van der Waals surface area contributed by atoms with Gasteiger partial charge >= 0.3 is 0 Å². The normalized spacial score (nSPS) is 12.2. The van der Waals surface area contributed by atoms with Crippen molar-refractivity contribution in [3.8, 4) is 0 Å². The molecular weight excluding hydrogens is 322 g/mol. The highest BCUT2D eigenvalue weighted by molar-refractivity contribution is 7.71. The van der Waals surface area contributed by atoms with E-state index in [0.29, 0.717) is 18.0 Å². The van der Waals surface area contributed by atoms with E-state index in [9.17, 15) is 9.59 Å². The molecular formula is C18H23N3O2S. The maximum Gasteiger partial charge on any atom is 0.251 e. The molecule has 1 unspecified atom stereocenters. The van der Waals surface area contributed by atoms with Crippen molar-refractivity contribution in [3.63, 3.8) is 0 Å². The number of benzene rings is 1. The largest absolute Gasteiger partial charge is 0.351 e. The maximum atomic E-state index is 12.1. The molecule has 1 atom stereocenters. The van der Waals surface area contributed by atoms with E-state index in [2.05, 4.69) is 53.4 Å². The molecule has 1 aromatic heterocycles. The van der Waals surface area contributed by atoms with E-state index in [-0.39, 0.29) is 28.7 Å². The van der Waals surface area contributed by atoms with Crippen molar-refractivity contribution >= 4 is 18.1 Å². The van der Waals surface area contributed by atoms with E-state index in [0.717, 1.165) is 5.56 Å². The number of carbonyl (C=O) groups is 1. The summed E-state index contributed by atoms with van der Waals surface area (Å²) in [6.07, 6.45) is 0.394. The zero-order chi connectivity index (χ0) is 17.7. The van der Waals surface area contributed by atoms with Gasteiger partial charge < -0.3 is 10.3 Å². The van der Waals surface area contributed by atoms with Crippen molar-refractivity contribution in [2.75, 3.05) is 0 Å². The van der Waals surface area contributed by atoms with E-state index in [1.807, 2.05) is 6.92 Å². The summed E-state index contributed by atoms with van der Waals surface area (Å²) in [4.78, 5) is 28.8. The summed E-state index contributed by atoms with van der Waals surface area (Å²) in [6.45, 7) is 6.60. The number of H-pyrrole nitrogens is 2. The van der Waals surface area contributed by atoms with Gasteiger partial charge in [0.05, 0.1) is 6.54 Å². The Morgan fingerprint density at radius 2 is 1.75 bits per heavy atom. The molecule has 0 fully saturated rings. The Kier molecular flexibility index (Phi) is 6.09. The number of aromatic nitrogens is 2. The predicted molar refractivity (Wildman–Crippen MR) is 97.7 cm³/mol. The SMILES string of the molecule is CC(C)c1ccc(C(C)CC(=O)NCc2cc(=O)[nH]c(=S)[nH]2)cc1. The first-order valence-electron chi connectivity index (χ1n) is 8.04. The standard InChI is InChI=1S/C18H23N3O2S/c1-11(2)13-4-6-14(7-5-13)12(3)8-16(22)19-10-15-9-17(23)21-18(24)20-15/h4-7,9,11-12H,8,10H2,1-3H3,(H,19,22)(H2,20,21,23,24). The Labute approximate surface area is 146 Å². The minimum atomic E-state index is -0.276. The van der Waals surface area contributed by atoms with Crippen LogP contribution in [-0.2, 0) is 11.3 Å². The van der Waals surface area contributed by atoms with E-state index >= 15 is 0 Å². The third kappa shape index (κ3) is 5.16. The van der Waals surface area contributed by atoms with Gasteiger partial charge in [-0.3, -0.25) is 14.6 Å². The highest BCUT2D eigenvalue weighted by atomic mass is 32.1. The second-order valence-electron chi connectivity index (χ2n) is 6.32. The second-order valence-corrected chi connectivity index (χ2v) is 6.72. The molecule has 128 valence electrons. The monoisotopic (exact) mass is 345 g/mol. The topological polar surface area (TPSA) is 77.8 Å². The highest BCUT2D eigenvalue weighted by Crippen LogP contribution is 2.22. The van der Waals surface area contributed by atoms with Crippen molar-refractivity contribution in [1.82, 2.24) is 15.3 Å². The molecule has 1 heterocycles. The van der Waals surface area contributed by atoms with Crippen LogP contribution in [0.15, 0.2) is 35.1 Å². The van der Waals surface area contributed by atoms with E-state index < -0.39 is 0 Å². The smallest absolute Gasteiger partial charge is 0.251 e. The van der Waals surface area contributed by atoms with Crippen molar-refractivity contribution in [3.05, 3.63) is 62.3 Å². The van der Waals surface area contributed by atoms with Crippen molar-refractivity contribution < 1.29 is 4.79 Å². The molecule has 24 heavy (non-hydrogen) atoms. The molecule has 5 nitrogen and oxygen atoms in total. The number of carbonyl (C=O) groups excluding carboxylic acids is 1. The Morgan fingerprint density at radius 3 is 2.33 bits per heavy atom. The summed E-state index contributed by atoms with van der Waals surface area (Å²) in [5.41, 5.74) is 2.75. The van der Waals surface area contributed by atoms with Crippen LogP contribution in [-0.4, -0.2) is 15.9 Å². The number of rotatable bonds is 6. The molecule has 0 saturated carbocycles. The van der Waals surface area contributed by atoms with Crippen LogP contribution >= 0.6 is 12.2 Å². The predicted octanol–water partition coefficient (Wildman–Crippen LogP) is 3.37. The number of aromatic amines is 2. The molecule has 0 radical (unpaired) electrons. The third-order valence-electron chi connectivity index (χ3n) is 3.96. The molecule has 6 heteroatoms. The first-order chi connectivity index (χ1) is 11.3. The lowest BCUT2D eigenvalue weighted by Crippen LogP contribution is -2.25. The first kappa shape index (κ1) is 18.1. The van der Waals surface area contributed by atoms with Crippen LogP contribution in [0.3, 0.4) is 0 Å². The van der Waals surface area contributed by atoms with Gasteiger partial charge in [0.1, 0.15) is 0 Å². The molecule has 1 aromatic carbocycles. The van der Waals surface area contributed by atoms with Gasteiger partial charge in [0.2, 0.25) is 5.91 Å². The third-order valence-corrected chi connectivity index (χ3v) is 4.16. The van der Waals surface area contributed by atoms with Gasteiger partial charge in [-0.05, 0) is 35.2 Å². The average Bonchev–Trinajstić information content (AvgIpc) is 2.52. The van der Waals surface area contributed by atoms with Crippen LogP contribution < -0.4 is 10.9 Å². The van der Waals surface area contributed by atoms with Crippen LogP contribution in [0.5, 0.6) is 0 Å². The summed E-state index contributed by atoms with van der Waals surface area (Å²) in [5, 5.41) is 2.81. The molecule has 0 spiro atoms. The fraction of sp³-hybridized carbons (Fsp3) is 0.389. The molecule has 2 aromatic rings. The molecule has 0 aliphatic carbocycles. The Morgan fingerprint density at radius 1 is 1.12 bits per heavy atom. The summed E-state index contributed by atoms with van der Waals surface area (Å²) < 4.78 is 0.255. The van der Waals surface area contributed by atoms with Gasteiger partial charge in [-0.1, -0.05) is 45.0 Å². The average molecular weight is 345 g/mol. The quantitative estimate of drug-likeness (QED) is 0.703.